The first-order valence-corrected chi connectivity index (χ1v) is 22.9. The predicted octanol–water partition coefficient (Wildman–Crippen LogP) is 12.3. The molecule has 0 saturated carbocycles. The Morgan fingerprint density at radius 2 is 0.611 bits per heavy atom. The molecule has 2 aromatic rings. The van der Waals surface area contributed by atoms with Gasteiger partial charge in [0.25, 0.3) is 0 Å². The van der Waals surface area contributed by atoms with Gasteiger partial charge in [-0.1, -0.05) is 107 Å². The molecule has 0 atom stereocenters. The molecule has 0 radical (unpaired) electrons. The van der Waals surface area contributed by atoms with Crippen LogP contribution in [0.2, 0.25) is 0 Å². The molecule has 2 rings (SSSR count). The SMILES string of the molecule is CCCC[N+](CCCC)(CCCC)CCCC.CCCC[N+](CCCC)(CCCC)CCCC.O=C(O)c1ccc([S+]([O-])c2ccc(C(=O)O)cc2)cc1. The Balaban J connectivity index is 0.000000786. The van der Waals surface area contributed by atoms with E-state index in [0.29, 0.717) is 9.79 Å². The molecule has 0 saturated heterocycles. The number of carboxylic acid groups (broad SMARTS) is 2. The zero-order valence-corrected chi connectivity index (χ0v) is 36.8. The molecule has 2 N–H and O–H groups in total. The molecular formula is C46H82N2O5S+2. The number of nitrogens with zero attached hydrogens (tertiary/aromatic N) is 2. The first-order valence-electron chi connectivity index (χ1n) is 21.8. The lowest BCUT2D eigenvalue weighted by Crippen LogP contribution is -2.50. The molecule has 0 unspecified atom stereocenters. The van der Waals surface area contributed by atoms with Gasteiger partial charge in [0, 0.05) is 11.2 Å². The third-order valence-corrected chi connectivity index (χ3v) is 11.9. The van der Waals surface area contributed by atoms with Gasteiger partial charge in [0.05, 0.1) is 63.5 Å². The summed E-state index contributed by atoms with van der Waals surface area (Å²) in [5.41, 5.74) is 0.235. The lowest BCUT2D eigenvalue weighted by atomic mass is 10.1. The van der Waals surface area contributed by atoms with Crippen molar-refractivity contribution < 1.29 is 33.3 Å². The zero-order chi connectivity index (χ0) is 40.7. The predicted molar refractivity (Wildman–Crippen MR) is 230 cm³/mol. The summed E-state index contributed by atoms with van der Waals surface area (Å²) in [6, 6.07) is 11.4. The van der Waals surface area contributed by atoms with Crippen molar-refractivity contribution in [1.29, 1.82) is 0 Å². The molecule has 2 aromatic carbocycles. The second-order valence-electron chi connectivity index (χ2n) is 15.2. The first kappa shape index (κ1) is 51.6. The Labute approximate surface area is 335 Å². The number of benzene rings is 2. The fourth-order valence-electron chi connectivity index (χ4n) is 6.87. The minimum Gasteiger partial charge on any atom is -0.606 e. The number of quaternary nitrogens is 2. The minimum atomic E-state index is -1.48. The number of hydrogen-bond acceptors (Lipinski definition) is 3. The van der Waals surface area contributed by atoms with Crippen LogP contribution in [0.1, 0.15) is 179 Å². The largest absolute Gasteiger partial charge is 0.606 e. The number of carboxylic acids is 2. The van der Waals surface area contributed by atoms with Crippen molar-refractivity contribution in [3.05, 3.63) is 59.7 Å². The van der Waals surface area contributed by atoms with Crippen molar-refractivity contribution in [2.45, 2.75) is 168 Å². The monoisotopic (exact) mass is 775 g/mol. The van der Waals surface area contributed by atoms with Gasteiger partial charge in [-0.15, -0.1) is 0 Å². The lowest BCUT2D eigenvalue weighted by Gasteiger charge is -2.39. The maximum Gasteiger partial charge on any atom is 0.335 e. The number of unbranched alkanes of at least 4 members (excludes halogenated alkanes) is 8. The smallest absolute Gasteiger partial charge is 0.335 e. The van der Waals surface area contributed by atoms with Crippen molar-refractivity contribution >= 4 is 23.1 Å². The summed E-state index contributed by atoms with van der Waals surface area (Å²) in [6.45, 7) is 30.0. The maximum absolute atomic E-state index is 12.2. The summed E-state index contributed by atoms with van der Waals surface area (Å²) in [7, 11) is 0. The van der Waals surface area contributed by atoms with Gasteiger partial charge >= 0.3 is 11.9 Å². The van der Waals surface area contributed by atoms with Crippen LogP contribution >= 0.6 is 0 Å². The first-order chi connectivity index (χ1) is 26.0. The molecule has 0 aliphatic carbocycles. The second kappa shape index (κ2) is 31.8. The van der Waals surface area contributed by atoms with Gasteiger partial charge in [0.2, 0.25) is 0 Å². The van der Waals surface area contributed by atoms with Crippen molar-refractivity contribution in [1.82, 2.24) is 0 Å². The lowest BCUT2D eigenvalue weighted by molar-refractivity contribution is -0.929. The maximum atomic E-state index is 12.2. The Bertz CT molecular complexity index is 1040. The summed E-state index contributed by atoms with van der Waals surface area (Å²) in [4.78, 5) is 22.4. The molecule has 0 heterocycles. The molecule has 0 fully saturated rings. The summed E-state index contributed by atoms with van der Waals surface area (Å²) >= 11 is -1.48. The van der Waals surface area contributed by atoms with E-state index in [1.165, 1.54) is 213 Å². The van der Waals surface area contributed by atoms with Gasteiger partial charge in [-0.3, -0.25) is 0 Å². The highest BCUT2D eigenvalue weighted by molar-refractivity contribution is 7.91. The average molecular weight is 775 g/mol. The van der Waals surface area contributed by atoms with Crippen molar-refractivity contribution in [3.8, 4) is 0 Å². The minimum absolute atomic E-state index is 0.118. The van der Waals surface area contributed by atoms with Crippen LogP contribution < -0.4 is 0 Å². The van der Waals surface area contributed by atoms with E-state index in [4.69, 9.17) is 10.2 Å². The van der Waals surface area contributed by atoms with Crippen molar-refractivity contribution in [3.63, 3.8) is 0 Å². The Morgan fingerprint density at radius 1 is 0.426 bits per heavy atom. The Kier molecular flexibility index (Phi) is 30.4. The van der Waals surface area contributed by atoms with E-state index in [9.17, 15) is 14.1 Å². The molecule has 0 spiro atoms. The summed E-state index contributed by atoms with van der Waals surface area (Å²) in [6.07, 6.45) is 22.1. The van der Waals surface area contributed by atoms with E-state index in [1.807, 2.05) is 0 Å². The van der Waals surface area contributed by atoms with Crippen LogP contribution in [0.3, 0.4) is 0 Å². The Hall–Kier alpha value is -2.39. The number of carbonyl (C=O) groups is 2. The molecule has 310 valence electrons. The van der Waals surface area contributed by atoms with Crippen molar-refractivity contribution in [2.75, 3.05) is 52.4 Å². The quantitative estimate of drug-likeness (QED) is 0.0663. The van der Waals surface area contributed by atoms with Crippen LogP contribution in [0.5, 0.6) is 0 Å². The molecular weight excluding hydrogens is 693 g/mol. The zero-order valence-electron chi connectivity index (χ0n) is 36.0. The molecule has 0 aliphatic heterocycles. The van der Waals surface area contributed by atoms with Gasteiger partial charge in [-0.05, 0) is 99.9 Å². The fourth-order valence-corrected chi connectivity index (χ4v) is 7.91. The van der Waals surface area contributed by atoms with Gasteiger partial charge in [0.1, 0.15) is 0 Å². The van der Waals surface area contributed by atoms with E-state index in [0.717, 1.165) is 0 Å². The van der Waals surface area contributed by atoms with Crippen LogP contribution in [0, 0.1) is 0 Å². The highest BCUT2D eigenvalue weighted by atomic mass is 32.2. The summed E-state index contributed by atoms with van der Waals surface area (Å²) < 4.78 is 15.1. The molecule has 54 heavy (non-hydrogen) atoms. The van der Waals surface area contributed by atoms with E-state index >= 15 is 0 Å². The highest BCUT2D eigenvalue weighted by Crippen LogP contribution is 2.22. The molecule has 0 aliphatic rings. The van der Waals surface area contributed by atoms with E-state index in [2.05, 4.69) is 55.4 Å². The molecule has 8 heteroatoms. The van der Waals surface area contributed by atoms with Crippen LogP contribution in [-0.2, 0) is 11.2 Å². The third-order valence-electron chi connectivity index (χ3n) is 10.5. The molecule has 0 amide bonds. The van der Waals surface area contributed by atoms with Gasteiger partial charge < -0.3 is 23.7 Å². The average Bonchev–Trinajstić information content (AvgIpc) is 3.20. The van der Waals surface area contributed by atoms with Crippen LogP contribution in [0.15, 0.2) is 58.3 Å². The highest BCUT2D eigenvalue weighted by Gasteiger charge is 2.26. The molecule has 7 nitrogen and oxygen atoms in total. The Morgan fingerprint density at radius 3 is 0.759 bits per heavy atom. The topological polar surface area (TPSA) is 97.7 Å². The van der Waals surface area contributed by atoms with Gasteiger partial charge in [-0.2, -0.15) is 0 Å². The number of aromatic carboxylic acids is 2. The molecule has 0 aromatic heterocycles. The van der Waals surface area contributed by atoms with Crippen LogP contribution in [0.25, 0.3) is 0 Å². The van der Waals surface area contributed by atoms with Gasteiger partial charge in [-0.25, -0.2) is 9.59 Å². The van der Waals surface area contributed by atoms with Crippen molar-refractivity contribution in [2.24, 2.45) is 0 Å². The van der Waals surface area contributed by atoms with Crippen LogP contribution in [-0.4, -0.2) is 88.0 Å². The fraction of sp³-hybridized carbons (Fsp3) is 0.696. The standard InChI is InChI=1S/2C16H36N.C14H10O5S/c2*1-5-9-13-17(14-10-6-2,15-11-7-3)16-12-8-4;15-13(16)9-1-5-11(6-2-9)20(19)12-7-3-10(4-8-12)14(17)18/h2*5-16H2,1-4H3;1-8H,(H,15,16)(H,17,18)/q2*+1;. The third kappa shape index (κ3) is 21.6. The number of hydrogen-bond donors (Lipinski definition) is 2. The summed E-state index contributed by atoms with van der Waals surface area (Å²) in [5.74, 6) is -2.10. The van der Waals surface area contributed by atoms with E-state index in [-0.39, 0.29) is 11.1 Å². The van der Waals surface area contributed by atoms with Crippen LogP contribution in [0.4, 0.5) is 0 Å². The van der Waals surface area contributed by atoms with E-state index < -0.39 is 23.1 Å². The normalized spacial score (nSPS) is 11.4. The van der Waals surface area contributed by atoms with E-state index in [1.54, 1.807) is 0 Å². The summed E-state index contributed by atoms with van der Waals surface area (Å²) in [5, 5.41) is 17.6. The van der Waals surface area contributed by atoms with Gasteiger partial charge in [0.15, 0.2) is 9.79 Å². The number of rotatable bonds is 28. The molecule has 0 bridgehead atoms. The second-order valence-corrected chi connectivity index (χ2v) is 16.7.